The van der Waals surface area contributed by atoms with Crippen molar-refractivity contribution < 1.29 is 13.2 Å². The molecular weight excluding hydrogens is 595 g/mol. The number of halogens is 2. The molecule has 178 valence electrons. The Balaban J connectivity index is 1.62. The van der Waals surface area contributed by atoms with Crippen molar-refractivity contribution in [2.45, 2.75) is 18.4 Å². The molecule has 35 heavy (non-hydrogen) atoms. The standard InChI is InChI=1S/C27H22ClIN2O3S/c1-19-7-12-22(28)17-26(19)31(35(33,34)25-5-3-2-4-6-25)18-20-8-10-21(11-9-20)27(32)30-24-15-13-23(29)14-16-24/h2-17H,18H2,1H3,(H,30,32). The predicted octanol–water partition coefficient (Wildman–Crippen LogP) is 6.90. The van der Waals surface area contributed by atoms with E-state index in [1.54, 1.807) is 72.8 Å². The van der Waals surface area contributed by atoms with Crippen LogP contribution in [0.15, 0.2) is 102 Å². The Morgan fingerprint density at radius 3 is 2.23 bits per heavy atom. The lowest BCUT2D eigenvalue weighted by Crippen LogP contribution is -2.31. The van der Waals surface area contributed by atoms with Crippen molar-refractivity contribution in [2.75, 3.05) is 9.62 Å². The van der Waals surface area contributed by atoms with E-state index in [2.05, 4.69) is 27.9 Å². The first-order valence-corrected chi connectivity index (χ1v) is 13.6. The molecule has 0 fully saturated rings. The molecular formula is C27H22ClIN2O3S. The highest BCUT2D eigenvalue weighted by molar-refractivity contribution is 14.1. The Hall–Kier alpha value is -2.88. The maximum Gasteiger partial charge on any atom is 0.264 e. The van der Waals surface area contributed by atoms with Crippen LogP contribution in [0.4, 0.5) is 11.4 Å². The molecule has 1 N–H and O–H groups in total. The highest BCUT2D eigenvalue weighted by atomic mass is 127. The van der Waals surface area contributed by atoms with Gasteiger partial charge in [0.05, 0.1) is 17.1 Å². The molecule has 1 amide bonds. The minimum atomic E-state index is -3.87. The summed E-state index contributed by atoms with van der Waals surface area (Å²) < 4.78 is 29.7. The van der Waals surface area contributed by atoms with E-state index in [-0.39, 0.29) is 17.3 Å². The SMILES string of the molecule is Cc1ccc(Cl)cc1N(Cc1ccc(C(=O)Nc2ccc(I)cc2)cc1)S(=O)(=O)c1ccccc1. The van der Waals surface area contributed by atoms with E-state index in [4.69, 9.17) is 11.6 Å². The molecule has 5 nitrogen and oxygen atoms in total. The third-order valence-corrected chi connectivity index (χ3v) is 8.14. The third kappa shape index (κ3) is 6.04. The van der Waals surface area contributed by atoms with Crippen molar-refractivity contribution in [2.24, 2.45) is 0 Å². The lowest BCUT2D eigenvalue weighted by molar-refractivity contribution is 0.102. The van der Waals surface area contributed by atoms with E-state index < -0.39 is 10.0 Å². The fourth-order valence-corrected chi connectivity index (χ4v) is 5.59. The molecule has 4 rings (SSSR count). The molecule has 0 atom stereocenters. The number of anilines is 2. The van der Waals surface area contributed by atoms with Crippen LogP contribution in [0, 0.1) is 10.5 Å². The second-order valence-corrected chi connectivity index (χ2v) is 11.5. The summed E-state index contributed by atoms with van der Waals surface area (Å²) >= 11 is 8.43. The summed E-state index contributed by atoms with van der Waals surface area (Å²) in [5, 5.41) is 3.31. The van der Waals surface area contributed by atoms with Gasteiger partial charge in [-0.25, -0.2) is 8.42 Å². The van der Waals surface area contributed by atoms with E-state index in [0.717, 1.165) is 14.7 Å². The van der Waals surface area contributed by atoms with Gasteiger partial charge in [-0.3, -0.25) is 9.10 Å². The Morgan fingerprint density at radius 2 is 1.57 bits per heavy atom. The van der Waals surface area contributed by atoms with E-state index in [1.165, 1.54) is 4.31 Å². The first kappa shape index (κ1) is 25.2. The van der Waals surface area contributed by atoms with Crippen LogP contribution in [0.25, 0.3) is 0 Å². The van der Waals surface area contributed by atoms with Crippen LogP contribution in [0.1, 0.15) is 21.5 Å². The highest BCUT2D eigenvalue weighted by Crippen LogP contribution is 2.31. The summed E-state index contributed by atoms with van der Waals surface area (Å²) in [5.41, 5.74) is 3.19. The molecule has 0 aliphatic carbocycles. The van der Waals surface area contributed by atoms with Gasteiger partial charge >= 0.3 is 0 Å². The summed E-state index contributed by atoms with van der Waals surface area (Å²) in [7, 11) is -3.87. The molecule has 4 aromatic rings. The number of carbonyl (C=O) groups excluding carboxylic acids is 1. The molecule has 0 heterocycles. The maximum atomic E-state index is 13.6. The molecule has 0 spiro atoms. The van der Waals surface area contributed by atoms with Gasteiger partial charge in [-0.2, -0.15) is 0 Å². The molecule has 8 heteroatoms. The van der Waals surface area contributed by atoms with Crippen LogP contribution in [0.3, 0.4) is 0 Å². The Kier molecular flexibility index (Phi) is 7.78. The first-order chi connectivity index (χ1) is 16.7. The Labute approximate surface area is 223 Å². The molecule has 0 aliphatic rings. The van der Waals surface area contributed by atoms with Gasteiger partial charge in [0.2, 0.25) is 0 Å². The maximum absolute atomic E-state index is 13.6. The molecule has 0 saturated carbocycles. The van der Waals surface area contributed by atoms with Crippen molar-refractivity contribution in [3.8, 4) is 0 Å². The van der Waals surface area contributed by atoms with Crippen LogP contribution in [0.5, 0.6) is 0 Å². The number of benzene rings is 4. The molecule has 4 aromatic carbocycles. The van der Waals surface area contributed by atoms with E-state index in [0.29, 0.717) is 22.0 Å². The van der Waals surface area contributed by atoms with Gasteiger partial charge in [-0.15, -0.1) is 0 Å². The van der Waals surface area contributed by atoms with Crippen LogP contribution in [-0.2, 0) is 16.6 Å². The van der Waals surface area contributed by atoms with E-state index >= 15 is 0 Å². The van der Waals surface area contributed by atoms with Crippen molar-refractivity contribution in [1.29, 1.82) is 0 Å². The fourth-order valence-electron chi connectivity index (χ4n) is 3.53. The zero-order chi connectivity index (χ0) is 25.0. The van der Waals surface area contributed by atoms with Crippen LogP contribution in [0.2, 0.25) is 5.02 Å². The Morgan fingerprint density at radius 1 is 0.914 bits per heavy atom. The lowest BCUT2D eigenvalue weighted by atomic mass is 10.1. The second kappa shape index (κ2) is 10.8. The summed E-state index contributed by atoms with van der Waals surface area (Å²) in [6, 6.07) is 27.9. The van der Waals surface area contributed by atoms with Gasteiger partial charge < -0.3 is 5.32 Å². The molecule has 0 aliphatic heterocycles. The molecule has 0 aromatic heterocycles. The summed E-state index contributed by atoms with van der Waals surface area (Å²) in [6.45, 7) is 1.93. The molecule has 0 bridgehead atoms. The van der Waals surface area contributed by atoms with Gasteiger partial charge in [0.1, 0.15) is 0 Å². The number of amides is 1. The number of sulfonamides is 1. The second-order valence-electron chi connectivity index (χ2n) is 7.91. The van der Waals surface area contributed by atoms with E-state index in [1.807, 2.05) is 31.2 Å². The van der Waals surface area contributed by atoms with Gasteiger partial charge in [0.25, 0.3) is 15.9 Å². The van der Waals surface area contributed by atoms with Gasteiger partial charge in [-0.1, -0.05) is 48.0 Å². The molecule has 0 radical (unpaired) electrons. The highest BCUT2D eigenvalue weighted by Gasteiger charge is 2.26. The van der Waals surface area contributed by atoms with Crippen molar-refractivity contribution in [3.63, 3.8) is 0 Å². The van der Waals surface area contributed by atoms with Crippen molar-refractivity contribution in [1.82, 2.24) is 0 Å². The van der Waals surface area contributed by atoms with Crippen molar-refractivity contribution in [3.05, 3.63) is 122 Å². The first-order valence-electron chi connectivity index (χ1n) is 10.7. The van der Waals surface area contributed by atoms with Crippen LogP contribution < -0.4 is 9.62 Å². The predicted molar refractivity (Wildman–Crippen MR) is 150 cm³/mol. The summed E-state index contributed by atoms with van der Waals surface area (Å²) in [4.78, 5) is 12.8. The monoisotopic (exact) mass is 616 g/mol. The number of hydrogen-bond acceptors (Lipinski definition) is 3. The number of nitrogens with one attached hydrogen (secondary N) is 1. The van der Waals surface area contributed by atoms with Crippen LogP contribution >= 0.6 is 34.2 Å². The van der Waals surface area contributed by atoms with Crippen LogP contribution in [-0.4, -0.2) is 14.3 Å². The zero-order valence-electron chi connectivity index (χ0n) is 18.8. The fraction of sp³-hybridized carbons (Fsp3) is 0.0741. The largest absolute Gasteiger partial charge is 0.322 e. The normalized spacial score (nSPS) is 11.2. The number of carbonyl (C=O) groups is 1. The number of nitrogens with zero attached hydrogens (tertiary/aromatic N) is 1. The van der Waals surface area contributed by atoms with E-state index in [9.17, 15) is 13.2 Å². The molecule has 0 unspecified atom stereocenters. The topological polar surface area (TPSA) is 66.5 Å². The Bertz CT molecular complexity index is 1440. The minimum absolute atomic E-state index is 0.0808. The van der Waals surface area contributed by atoms with Gasteiger partial charge in [0, 0.05) is 19.8 Å². The van der Waals surface area contributed by atoms with Crippen molar-refractivity contribution >= 4 is 61.5 Å². The third-order valence-electron chi connectivity index (χ3n) is 5.42. The summed E-state index contributed by atoms with van der Waals surface area (Å²) in [6.07, 6.45) is 0. The average molecular weight is 617 g/mol. The zero-order valence-corrected chi connectivity index (χ0v) is 22.5. The average Bonchev–Trinajstić information content (AvgIpc) is 2.86. The van der Waals surface area contributed by atoms with Gasteiger partial charge in [0.15, 0.2) is 0 Å². The number of rotatable bonds is 7. The number of aryl methyl sites for hydroxylation is 1. The quantitative estimate of drug-likeness (QED) is 0.230. The summed E-state index contributed by atoms with van der Waals surface area (Å²) in [5.74, 6) is -0.239. The lowest BCUT2D eigenvalue weighted by Gasteiger charge is -2.26. The molecule has 0 saturated heterocycles. The minimum Gasteiger partial charge on any atom is -0.322 e. The number of hydrogen-bond donors (Lipinski definition) is 1. The van der Waals surface area contributed by atoms with Gasteiger partial charge in [-0.05, 0) is 101 Å². The smallest absolute Gasteiger partial charge is 0.264 e.